The van der Waals surface area contributed by atoms with Gasteiger partial charge in [0.2, 0.25) is 0 Å². The second-order valence-corrected chi connectivity index (χ2v) is 7.05. The van der Waals surface area contributed by atoms with Gasteiger partial charge in [-0.1, -0.05) is 17.7 Å². The first-order valence-corrected chi connectivity index (χ1v) is 9.15. The lowest BCUT2D eigenvalue weighted by Crippen LogP contribution is -2.38. The highest BCUT2D eigenvalue weighted by Gasteiger charge is 2.26. The first-order chi connectivity index (χ1) is 12.5. The number of anilines is 1. The van der Waals surface area contributed by atoms with E-state index in [1.165, 1.54) is 6.07 Å². The largest absolute Gasteiger partial charge is 0.495 e. The van der Waals surface area contributed by atoms with Crippen LogP contribution >= 0.6 is 11.6 Å². The van der Waals surface area contributed by atoms with Gasteiger partial charge in [-0.05, 0) is 38.0 Å². The molecule has 0 amide bonds. The summed E-state index contributed by atoms with van der Waals surface area (Å²) in [6, 6.07) is 10.8. The number of benzene rings is 1. The van der Waals surface area contributed by atoms with Crippen LogP contribution in [0.4, 0.5) is 5.69 Å². The first kappa shape index (κ1) is 18.5. The van der Waals surface area contributed by atoms with Gasteiger partial charge < -0.3 is 14.2 Å². The van der Waals surface area contributed by atoms with Crippen molar-refractivity contribution in [1.29, 1.82) is 0 Å². The maximum Gasteiger partial charge on any atom is 0.251 e. The molecule has 1 aromatic carbocycles. The van der Waals surface area contributed by atoms with Crippen LogP contribution in [-0.2, 0) is 11.3 Å². The minimum absolute atomic E-state index is 0.00745. The summed E-state index contributed by atoms with van der Waals surface area (Å²) in [7, 11) is 1.60. The van der Waals surface area contributed by atoms with Crippen molar-refractivity contribution in [2.45, 2.75) is 26.3 Å². The van der Waals surface area contributed by atoms with Gasteiger partial charge in [0.05, 0.1) is 18.7 Å². The smallest absolute Gasteiger partial charge is 0.251 e. The molecule has 6 heteroatoms. The maximum atomic E-state index is 12.6. The monoisotopic (exact) mass is 374 g/mol. The van der Waals surface area contributed by atoms with Crippen LogP contribution in [0.5, 0.6) is 5.75 Å². The zero-order chi connectivity index (χ0) is 18.7. The van der Waals surface area contributed by atoms with Crippen molar-refractivity contribution >= 4 is 23.1 Å². The minimum atomic E-state index is -0.121. The number of aromatic nitrogens is 1. The van der Waals surface area contributed by atoms with E-state index in [9.17, 15) is 9.59 Å². The number of carbonyl (C=O) groups is 1. The highest BCUT2D eigenvalue weighted by molar-refractivity contribution is 6.32. The standard InChI is InChI=1S/C20H23ClN2O3/c1-14-4-3-5-20(25)23(14)13-18(24)15-8-10-22(11-9-15)16-6-7-17(21)19(12-16)26-2/h3-7,12,15H,8-11,13H2,1-2H3. The fourth-order valence-electron chi connectivity index (χ4n) is 3.42. The van der Waals surface area contributed by atoms with Crippen molar-refractivity contribution in [2.75, 3.05) is 25.1 Å². The molecule has 0 N–H and O–H groups in total. The van der Waals surface area contributed by atoms with Crippen molar-refractivity contribution in [3.63, 3.8) is 0 Å². The summed E-state index contributed by atoms with van der Waals surface area (Å²) in [6.45, 7) is 3.60. The Labute approximate surface area is 158 Å². The Morgan fingerprint density at radius 2 is 1.96 bits per heavy atom. The second kappa shape index (κ2) is 7.96. The molecule has 0 aliphatic carbocycles. The molecule has 0 saturated carbocycles. The third-order valence-corrected chi connectivity index (χ3v) is 5.34. The highest BCUT2D eigenvalue weighted by atomic mass is 35.5. The van der Waals surface area contributed by atoms with Crippen LogP contribution in [0.1, 0.15) is 18.5 Å². The molecule has 0 atom stereocenters. The fourth-order valence-corrected chi connectivity index (χ4v) is 3.61. The number of aryl methyl sites for hydroxylation is 1. The molecule has 2 heterocycles. The molecule has 1 aromatic heterocycles. The molecular formula is C20H23ClN2O3. The van der Waals surface area contributed by atoms with Gasteiger partial charge in [0, 0.05) is 42.5 Å². The Bertz CT molecular complexity index is 854. The lowest BCUT2D eigenvalue weighted by Gasteiger charge is -2.33. The van der Waals surface area contributed by atoms with Gasteiger partial charge in [-0.25, -0.2) is 0 Å². The average Bonchev–Trinajstić information content (AvgIpc) is 2.65. The quantitative estimate of drug-likeness (QED) is 0.805. The fraction of sp³-hybridized carbons (Fsp3) is 0.400. The molecule has 1 saturated heterocycles. The number of rotatable bonds is 5. The Morgan fingerprint density at radius 1 is 1.23 bits per heavy atom. The van der Waals surface area contributed by atoms with Gasteiger partial charge in [-0.3, -0.25) is 9.59 Å². The van der Waals surface area contributed by atoms with Crippen molar-refractivity contribution in [2.24, 2.45) is 5.92 Å². The number of carbonyl (C=O) groups excluding carboxylic acids is 1. The van der Waals surface area contributed by atoms with Gasteiger partial charge >= 0.3 is 0 Å². The van der Waals surface area contributed by atoms with Crippen LogP contribution in [0, 0.1) is 12.8 Å². The van der Waals surface area contributed by atoms with Crippen molar-refractivity contribution in [3.8, 4) is 5.75 Å². The molecular weight excluding hydrogens is 352 g/mol. The Balaban J connectivity index is 1.63. The third-order valence-electron chi connectivity index (χ3n) is 5.03. The van der Waals surface area contributed by atoms with Crippen molar-refractivity contribution in [3.05, 3.63) is 57.5 Å². The number of halogens is 1. The van der Waals surface area contributed by atoms with E-state index in [1.807, 2.05) is 31.2 Å². The number of hydrogen-bond donors (Lipinski definition) is 0. The molecule has 0 bridgehead atoms. The number of methoxy groups -OCH3 is 1. The van der Waals surface area contributed by atoms with Gasteiger partial charge in [-0.15, -0.1) is 0 Å². The van der Waals surface area contributed by atoms with E-state index in [4.69, 9.17) is 16.3 Å². The van der Waals surface area contributed by atoms with Crippen LogP contribution in [0.15, 0.2) is 41.2 Å². The molecule has 0 unspecified atom stereocenters. The van der Waals surface area contributed by atoms with Crippen molar-refractivity contribution in [1.82, 2.24) is 4.57 Å². The SMILES string of the molecule is COc1cc(N2CCC(C(=O)Cn3c(C)cccc3=O)CC2)ccc1Cl. The normalized spacial score (nSPS) is 15.1. The van der Waals surface area contributed by atoms with E-state index < -0.39 is 0 Å². The van der Waals surface area contributed by atoms with Crippen molar-refractivity contribution < 1.29 is 9.53 Å². The summed E-state index contributed by atoms with van der Waals surface area (Å²) in [5, 5.41) is 0.588. The Hall–Kier alpha value is -2.27. The number of nitrogens with zero attached hydrogens (tertiary/aromatic N) is 2. The van der Waals surface area contributed by atoms with Gasteiger partial charge in [0.15, 0.2) is 5.78 Å². The topological polar surface area (TPSA) is 51.5 Å². The summed E-state index contributed by atoms with van der Waals surface area (Å²) in [6.07, 6.45) is 1.56. The first-order valence-electron chi connectivity index (χ1n) is 8.77. The average molecular weight is 375 g/mol. The van der Waals surface area contributed by atoms with E-state index in [1.54, 1.807) is 17.7 Å². The van der Waals surface area contributed by atoms with E-state index >= 15 is 0 Å². The van der Waals surface area contributed by atoms with Gasteiger partial charge in [0.25, 0.3) is 5.56 Å². The summed E-state index contributed by atoms with van der Waals surface area (Å²) < 4.78 is 6.83. The third kappa shape index (κ3) is 3.93. The number of ether oxygens (including phenoxy) is 1. The molecule has 26 heavy (non-hydrogen) atoms. The predicted octanol–water partition coefficient (Wildman–Crippen LogP) is 3.30. The van der Waals surface area contributed by atoms with Crippen LogP contribution in [0.2, 0.25) is 5.02 Å². The highest BCUT2D eigenvalue weighted by Crippen LogP contribution is 2.31. The molecule has 3 rings (SSSR count). The minimum Gasteiger partial charge on any atom is -0.495 e. The van der Waals surface area contributed by atoms with Crippen LogP contribution < -0.4 is 15.2 Å². The van der Waals surface area contributed by atoms with E-state index in [-0.39, 0.29) is 23.8 Å². The summed E-state index contributed by atoms with van der Waals surface area (Å²) in [4.78, 5) is 26.8. The van der Waals surface area contributed by atoms with Gasteiger partial charge in [0.1, 0.15) is 5.75 Å². The number of pyridine rings is 1. The molecule has 138 valence electrons. The number of ketones is 1. The Kier molecular flexibility index (Phi) is 5.67. The molecule has 2 aromatic rings. The molecule has 5 nitrogen and oxygen atoms in total. The lowest BCUT2D eigenvalue weighted by atomic mass is 9.92. The lowest BCUT2D eigenvalue weighted by molar-refractivity contribution is -0.124. The van der Waals surface area contributed by atoms with E-state index in [0.717, 1.165) is 37.3 Å². The maximum absolute atomic E-state index is 12.6. The predicted molar refractivity (Wildman–Crippen MR) is 103 cm³/mol. The van der Waals surface area contributed by atoms with Gasteiger partial charge in [-0.2, -0.15) is 0 Å². The molecule has 1 aliphatic rings. The van der Waals surface area contributed by atoms with Crippen LogP contribution in [-0.4, -0.2) is 30.5 Å². The zero-order valence-corrected chi connectivity index (χ0v) is 15.8. The molecule has 0 spiro atoms. The van der Waals surface area contributed by atoms with Crippen LogP contribution in [0.3, 0.4) is 0 Å². The summed E-state index contributed by atoms with van der Waals surface area (Å²) in [5.41, 5.74) is 1.74. The van der Waals surface area contributed by atoms with E-state index in [2.05, 4.69) is 4.90 Å². The summed E-state index contributed by atoms with van der Waals surface area (Å²) >= 11 is 6.09. The number of piperidine rings is 1. The molecule has 1 aliphatic heterocycles. The van der Waals surface area contributed by atoms with Crippen LogP contribution in [0.25, 0.3) is 0 Å². The Morgan fingerprint density at radius 3 is 2.62 bits per heavy atom. The summed E-state index contributed by atoms with van der Waals surface area (Å²) in [5.74, 6) is 0.781. The second-order valence-electron chi connectivity index (χ2n) is 6.64. The molecule has 0 radical (unpaired) electrons. The zero-order valence-electron chi connectivity index (χ0n) is 15.1. The van der Waals surface area contributed by atoms with E-state index in [0.29, 0.717) is 10.8 Å². The number of hydrogen-bond acceptors (Lipinski definition) is 4. The number of Topliss-reactive ketones (excluding diaryl/α,β-unsaturated/α-hetero) is 1. The molecule has 1 fully saturated rings.